The Morgan fingerprint density at radius 1 is 1.20 bits per heavy atom. The lowest BCUT2D eigenvalue weighted by molar-refractivity contribution is 0.0320. The van der Waals surface area contributed by atoms with Gasteiger partial charge in [-0.05, 0) is 24.8 Å². The van der Waals surface area contributed by atoms with Gasteiger partial charge in [0.15, 0.2) is 0 Å². The number of aliphatic hydroxyl groups excluding tert-OH is 2. The number of hydrogen-bond donors (Lipinski definition) is 2. The molecule has 1 aliphatic rings. The fraction of sp³-hybridized carbons (Fsp3) is 0.538. The van der Waals surface area contributed by atoms with Crippen LogP contribution in [0, 0.1) is 5.92 Å². The Morgan fingerprint density at radius 2 is 1.93 bits per heavy atom. The van der Waals surface area contributed by atoms with Crippen molar-refractivity contribution < 1.29 is 10.2 Å². The first kappa shape index (κ1) is 10.7. The normalized spacial score (nSPS) is 27.9. The second kappa shape index (κ2) is 4.77. The summed E-state index contributed by atoms with van der Waals surface area (Å²) in [4.78, 5) is 0. The summed E-state index contributed by atoms with van der Waals surface area (Å²) < 4.78 is 0. The van der Waals surface area contributed by atoms with Gasteiger partial charge in [-0.1, -0.05) is 36.8 Å². The highest BCUT2D eigenvalue weighted by molar-refractivity contribution is 5.15. The van der Waals surface area contributed by atoms with Gasteiger partial charge in [-0.25, -0.2) is 0 Å². The lowest BCUT2D eigenvalue weighted by Gasteiger charge is -2.21. The molecule has 0 aliphatic heterocycles. The summed E-state index contributed by atoms with van der Waals surface area (Å²) in [5.74, 6) is 0.0743. The molecule has 0 bridgehead atoms. The van der Waals surface area contributed by atoms with Crippen LogP contribution >= 0.6 is 0 Å². The van der Waals surface area contributed by atoms with Crippen LogP contribution in [0.1, 0.15) is 24.8 Å². The van der Waals surface area contributed by atoms with Crippen LogP contribution in [-0.2, 0) is 6.42 Å². The lowest BCUT2D eigenvalue weighted by atomic mass is 9.93. The van der Waals surface area contributed by atoms with Gasteiger partial charge in [0, 0.05) is 5.92 Å². The van der Waals surface area contributed by atoms with Crippen LogP contribution < -0.4 is 0 Å². The maximum Gasteiger partial charge on any atom is 0.0633 e. The third-order valence-electron chi connectivity index (χ3n) is 3.31. The van der Waals surface area contributed by atoms with Crippen molar-refractivity contribution in [1.82, 2.24) is 0 Å². The molecule has 2 rings (SSSR count). The highest BCUT2D eigenvalue weighted by atomic mass is 16.3. The number of rotatable bonds is 3. The Kier molecular flexibility index (Phi) is 3.39. The van der Waals surface area contributed by atoms with Crippen LogP contribution in [0.2, 0.25) is 0 Å². The summed E-state index contributed by atoms with van der Waals surface area (Å²) >= 11 is 0. The number of aliphatic hydroxyl groups is 2. The Morgan fingerprint density at radius 3 is 2.53 bits per heavy atom. The van der Waals surface area contributed by atoms with E-state index >= 15 is 0 Å². The molecular weight excluding hydrogens is 188 g/mol. The predicted octanol–water partition coefficient (Wildman–Crippen LogP) is 1.75. The van der Waals surface area contributed by atoms with E-state index in [0.717, 1.165) is 24.8 Å². The molecule has 1 aromatic rings. The molecule has 2 N–H and O–H groups in total. The van der Waals surface area contributed by atoms with Gasteiger partial charge >= 0.3 is 0 Å². The molecule has 0 heterocycles. The smallest absolute Gasteiger partial charge is 0.0633 e. The molecule has 0 spiro atoms. The van der Waals surface area contributed by atoms with Gasteiger partial charge in [0.25, 0.3) is 0 Å². The van der Waals surface area contributed by atoms with Crippen molar-refractivity contribution in [3.05, 3.63) is 35.9 Å². The van der Waals surface area contributed by atoms with Crippen molar-refractivity contribution in [2.45, 2.75) is 37.9 Å². The van der Waals surface area contributed by atoms with Crippen molar-refractivity contribution in [3.63, 3.8) is 0 Å². The summed E-state index contributed by atoms with van der Waals surface area (Å²) in [6.45, 7) is 0. The minimum atomic E-state index is -0.398. The molecule has 1 saturated carbocycles. The van der Waals surface area contributed by atoms with Crippen molar-refractivity contribution in [2.24, 2.45) is 5.92 Å². The third kappa shape index (κ3) is 2.58. The van der Waals surface area contributed by atoms with Gasteiger partial charge in [0.1, 0.15) is 0 Å². The fourth-order valence-corrected chi connectivity index (χ4v) is 2.42. The van der Waals surface area contributed by atoms with E-state index < -0.39 is 6.10 Å². The molecule has 1 fully saturated rings. The van der Waals surface area contributed by atoms with Gasteiger partial charge in [0.2, 0.25) is 0 Å². The Balaban J connectivity index is 1.94. The quantitative estimate of drug-likeness (QED) is 0.791. The molecule has 15 heavy (non-hydrogen) atoms. The molecule has 1 aromatic carbocycles. The van der Waals surface area contributed by atoms with E-state index in [1.54, 1.807) is 0 Å². The van der Waals surface area contributed by atoms with E-state index in [-0.39, 0.29) is 12.0 Å². The highest BCUT2D eigenvalue weighted by Crippen LogP contribution is 2.29. The lowest BCUT2D eigenvalue weighted by Crippen LogP contribution is -2.29. The molecule has 0 aromatic heterocycles. The molecule has 82 valence electrons. The van der Waals surface area contributed by atoms with Crippen molar-refractivity contribution in [1.29, 1.82) is 0 Å². The third-order valence-corrected chi connectivity index (χ3v) is 3.31. The number of benzene rings is 1. The molecule has 1 aliphatic carbocycles. The minimum absolute atomic E-state index is 0.0743. The van der Waals surface area contributed by atoms with Crippen LogP contribution in [0.4, 0.5) is 0 Å². The largest absolute Gasteiger partial charge is 0.393 e. The molecular formula is C13H18O2. The molecule has 2 nitrogen and oxygen atoms in total. The SMILES string of the molecule is OC1CCCC1C(O)Cc1ccccc1. The molecule has 2 heteroatoms. The Bertz CT molecular complexity index is 297. The topological polar surface area (TPSA) is 40.5 Å². The van der Waals surface area contributed by atoms with Crippen molar-refractivity contribution >= 4 is 0 Å². The van der Waals surface area contributed by atoms with Gasteiger partial charge in [0.05, 0.1) is 12.2 Å². The average molecular weight is 206 g/mol. The summed E-state index contributed by atoms with van der Waals surface area (Å²) in [5.41, 5.74) is 1.14. The van der Waals surface area contributed by atoms with Crippen molar-refractivity contribution in [3.8, 4) is 0 Å². The van der Waals surface area contributed by atoms with Gasteiger partial charge < -0.3 is 10.2 Å². The van der Waals surface area contributed by atoms with Crippen LogP contribution in [0.3, 0.4) is 0 Å². The molecule has 3 unspecified atom stereocenters. The minimum Gasteiger partial charge on any atom is -0.393 e. The van der Waals surface area contributed by atoms with E-state index in [0.29, 0.717) is 6.42 Å². The summed E-state index contributed by atoms with van der Waals surface area (Å²) in [6, 6.07) is 9.97. The van der Waals surface area contributed by atoms with Gasteiger partial charge in [-0.15, -0.1) is 0 Å². The summed E-state index contributed by atoms with van der Waals surface area (Å²) in [7, 11) is 0. The maximum absolute atomic E-state index is 10.0. The Hall–Kier alpha value is -0.860. The molecule has 0 saturated heterocycles. The summed E-state index contributed by atoms with van der Waals surface area (Å²) in [6.07, 6.45) is 2.79. The van der Waals surface area contributed by atoms with Gasteiger partial charge in [-0.3, -0.25) is 0 Å². The standard InChI is InChI=1S/C13H18O2/c14-12-8-4-7-11(12)13(15)9-10-5-2-1-3-6-10/h1-3,5-6,11-15H,4,7-9H2. The molecule has 3 atom stereocenters. The maximum atomic E-state index is 10.0. The van der Waals surface area contributed by atoms with Crippen molar-refractivity contribution in [2.75, 3.05) is 0 Å². The first-order chi connectivity index (χ1) is 7.27. The zero-order valence-electron chi connectivity index (χ0n) is 8.84. The molecule has 0 amide bonds. The van der Waals surface area contributed by atoms with E-state index in [1.165, 1.54) is 0 Å². The molecule has 0 radical (unpaired) electrons. The van der Waals surface area contributed by atoms with Crippen LogP contribution in [0.25, 0.3) is 0 Å². The van der Waals surface area contributed by atoms with E-state index in [9.17, 15) is 10.2 Å². The number of hydrogen-bond acceptors (Lipinski definition) is 2. The Labute approximate surface area is 90.6 Å². The van der Waals surface area contributed by atoms with Crippen LogP contribution in [-0.4, -0.2) is 22.4 Å². The van der Waals surface area contributed by atoms with E-state index in [2.05, 4.69) is 0 Å². The summed E-state index contributed by atoms with van der Waals surface area (Å²) in [5, 5.41) is 19.7. The average Bonchev–Trinajstić information content (AvgIpc) is 2.66. The first-order valence-electron chi connectivity index (χ1n) is 5.67. The van der Waals surface area contributed by atoms with Crippen LogP contribution in [0.15, 0.2) is 30.3 Å². The van der Waals surface area contributed by atoms with Gasteiger partial charge in [-0.2, -0.15) is 0 Å². The predicted molar refractivity (Wildman–Crippen MR) is 59.5 cm³/mol. The fourth-order valence-electron chi connectivity index (χ4n) is 2.42. The second-order valence-electron chi connectivity index (χ2n) is 4.42. The van der Waals surface area contributed by atoms with E-state index in [1.807, 2.05) is 30.3 Å². The monoisotopic (exact) mass is 206 g/mol. The second-order valence-corrected chi connectivity index (χ2v) is 4.42. The zero-order chi connectivity index (χ0) is 10.7. The zero-order valence-corrected chi connectivity index (χ0v) is 8.84. The highest BCUT2D eigenvalue weighted by Gasteiger charge is 2.31. The first-order valence-corrected chi connectivity index (χ1v) is 5.67. The van der Waals surface area contributed by atoms with E-state index in [4.69, 9.17) is 0 Å². The van der Waals surface area contributed by atoms with Crippen LogP contribution in [0.5, 0.6) is 0 Å².